The first-order valence-electron chi connectivity index (χ1n) is 8.90. The van der Waals surface area contributed by atoms with Crippen molar-refractivity contribution in [3.05, 3.63) is 29.5 Å². The third kappa shape index (κ3) is 3.42. The molecule has 0 bridgehead atoms. The zero-order valence-corrected chi connectivity index (χ0v) is 14.7. The summed E-state index contributed by atoms with van der Waals surface area (Å²) in [7, 11) is 0. The second kappa shape index (κ2) is 7.35. The summed E-state index contributed by atoms with van der Waals surface area (Å²) in [4.78, 5) is 10.8. The maximum absolute atomic E-state index is 9.53. The lowest BCUT2D eigenvalue weighted by Gasteiger charge is -2.30. The van der Waals surface area contributed by atoms with E-state index in [1.165, 1.54) is 19.3 Å². The molecule has 0 spiro atoms. The zero-order chi connectivity index (χ0) is 16.4. The maximum atomic E-state index is 9.53. The van der Waals surface area contributed by atoms with Crippen LogP contribution in [0.2, 0.25) is 0 Å². The molecular formula is C18H25N3O2S. The van der Waals surface area contributed by atoms with Gasteiger partial charge >= 0.3 is 0 Å². The molecule has 2 aromatic rings. The Morgan fingerprint density at radius 2 is 2.04 bits per heavy atom. The number of likely N-dealkylation sites (tertiary alicyclic amines) is 2. The molecule has 0 aromatic carbocycles. The molecule has 0 radical (unpaired) electrons. The third-order valence-corrected chi connectivity index (χ3v) is 6.16. The Kier molecular flexibility index (Phi) is 4.98. The van der Waals surface area contributed by atoms with Crippen LogP contribution >= 0.6 is 11.3 Å². The van der Waals surface area contributed by atoms with Crippen molar-refractivity contribution in [3.8, 4) is 10.8 Å². The van der Waals surface area contributed by atoms with Crippen LogP contribution in [0.1, 0.15) is 31.4 Å². The summed E-state index contributed by atoms with van der Waals surface area (Å²) in [5.74, 6) is 0.732. The third-order valence-electron chi connectivity index (χ3n) is 5.30. The Balaban J connectivity index is 1.38. The summed E-state index contributed by atoms with van der Waals surface area (Å²) in [5, 5.41) is 11.6. The van der Waals surface area contributed by atoms with Crippen LogP contribution in [0, 0.1) is 0 Å². The van der Waals surface area contributed by atoms with Gasteiger partial charge in [0.05, 0.1) is 17.2 Å². The Morgan fingerprint density at radius 1 is 1.21 bits per heavy atom. The molecule has 130 valence electrons. The quantitative estimate of drug-likeness (QED) is 0.871. The summed E-state index contributed by atoms with van der Waals surface area (Å²) in [6, 6.07) is 5.00. The molecule has 6 heteroatoms. The number of hydrogen-bond donors (Lipinski definition) is 1. The second-order valence-corrected chi connectivity index (χ2v) is 7.81. The van der Waals surface area contributed by atoms with E-state index in [1.807, 2.05) is 17.5 Å². The highest BCUT2D eigenvalue weighted by molar-refractivity contribution is 7.13. The maximum Gasteiger partial charge on any atom is 0.236 e. The highest BCUT2D eigenvalue weighted by Crippen LogP contribution is 2.27. The van der Waals surface area contributed by atoms with Crippen molar-refractivity contribution in [1.29, 1.82) is 0 Å². The summed E-state index contributed by atoms with van der Waals surface area (Å²) in [6.07, 6.45) is 6.64. The number of aliphatic hydroxyl groups excluding tert-OH is 1. The monoisotopic (exact) mass is 347 g/mol. The minimum Gasteiger partial charge on any atom is -0.444 e. The summed E-state index contributed by atoms with van der Waals surface area (Å²) >= 11 is 1.66. The molecule has 1 N–H and O–H groups in total. The van der Waals surface area contributed by atoms with Gasteiger partial charge in [0.15, 0.2) is 0 Å². The van der Waals surface area contributed by atoms with Crippen molar-refractivity contribution in [2.75, 3.05) is 26.2 Å². The SMILES string of the molecule is OCC1CCCN1CC1CCCN1Cc1coc(-c2cccs2)n1. The van der Waals surface area contributed by atoms with Gasteiger partial charge in [0, 0.05) is 25.2 Å². The van der Waals surface area contributed by atoms with E-state index in [9.17, 15) is 5.11 Å². The van der Waals surface area contributed by atoms with Crippen LogP contribution in [0.25, 0.3) is 10.8 Å². The van der Waals surface area contributed by atoms with Gasteiger partial charge in [0.2, 0.25) is 5.89 Å². The van der Waals surface area contributed by atoms with Crippen LogP contribution in [0.5, 0.6) is 0 Å². The van der Waals surface area contributed by atoms with Crippen molar-refractivity contribution in [1.82, 2.24) is 14.8 Å². The lowest BCUT2D eigenvalue weighted by molar-refractivity contribution is 0.119. The molecule has 0 saturated carbocycles. The summed E-state index contributed by atoms with van der Waals surface area (Å²) in [5.41, 5.74) is 1.02. The first-order chi connectivity index (χ1) is 11.8. The van der Waals surface area contributed by atoms with Gasteiger partial charge in [-0.3, -0.25) is 9.80 Å². The fourth-order valence-corrected chi connectivity index (χ4v) is 4.68. The van der Waals surface area contributed by atoms with E-state index in [0.717, 1.165) is 49.1 Å². The molecule has 4 rings (SSSR count). The lowest BCUT2D eigenvalue weighted by Crippen LogP contribution is -2.43. The average Bonchev–Trinajstić information content (AvgIpc) is 3.36. The summed E-state index contributed by atoms with van der Waals surface area (Å²) < 4.78 is 5.65. The second-order valence-electron chi connectivity index (χ2n) is 6.86. The lowest BCUT2D eigenvalue weighted by atomic mass is 10.2. The highest BCUT2D eigenvalue weighted by Gasteiger charge is 2.31. The van der Waals surface area contributed by atoms with Gasteiger partial charge < -0.3 is 9.52 Å². The van der Waals surface area contributed by atoms with E-state index in [2.05, 4.69) is 14.8 Å². The number of thiophene rings is 1. The van der Waals surface area contributed by atoms with Gasteiger partial charge in [-0.05, 0) is 50.2 Å². The van der Waals surface area contributed by atoms with Crippen molar-refractivity contribution in [3.63, 3.8) is 0 Å². The van der Waals surface area contributed by atoms with Crippen molar-refractivity contribution in [2.45, 2.75) is 44.3 Å². The van der Waals surface area contributed by atoms with E-state index < -0.39 is 0 Å². The van der Waals surface area contributed by atoms with Gasteiger partial charge in [-0.25, -0.2) is 4.98 Å². The van der Waals surface area contributed by atoms with Gasteiger partial charge in [0.25, 0.3) is 0 Å². The van der Waals surface area contributed by atoms with Gasteiger partial charge in [-0.15, -0.1) is 11.3 Å². The molecule has 0 aliphatic carbocycles. The highest BCUT2D eigenvalue weighted by atomic mass is 32.1. The van der Waals surface area contributed by atoms with E-state index in [-0.39, 0.29) is 0 Å². The van der Waals surface area contributed by atoms with Crippen LogP contribution in [0.3, 0.4) is 0 Å². The Hall–Kier alpha value is -1.21. The van der Waals surface area contributed by atoms with E-state index in [0.29, 0.717) is 18.7 Å². The molecule has 2 aliphatic rings. The Morgan fingerprint density at radius 3 is 2.83 bits per heavy atom. The van der Waals surface area contributed by atoms with E-state index >= 15 is 0 Å². The van der Waals surface area contributed by atoms with Gasteiger partial charge in [0.1, 0.15) is 6.26 Å². The number of aliphatic hydroxyl groups is 1. The minimum atomic E-state index is 0.292. The number of hydrogen-bond acceptors (Lipinski definition) is 6. The predicted molar refractivity (Wildman–Crippen MR) is 94.9 cm³/mol. The predicted octanol–water partition coefficient (Wildman–Crippen LogP) is 2.82. The summed E-state index contributed by atoms with van der Waals surface area (Å²) in [6.45, 7) is 4.48. The van der Waals surface area contributed by atoms with Crippen LogP contribution in [-0.4, -0.2) is 58.2 Å². The first kappa shape index (κ1) is 16.3. The largest absolute Gasteiger partial charge is 0.444 e. The molecule has 2 aromatic heterocycles. The normalized spacial score (nSPS) is 25.7. The molecule has 4 heterocycles. The topological polar surface area (TPSA) is 52.7 Å². The number of nitrogens with zero attached hydrogens (tertiary/aromatic N) is 3. The van der Waals surface area contributed by atoms with E-state index in [4.69, 9.17) is 4.42 Å². The van der Waals surface area contributed by atoms with Crippen molar-refractivity contribution < 1.29 is 9.52 Å². The first-order valence-corrected chi connectivity index (χ1v) is 9.78. The number of aromatic nitrogens is 1. The van der Waals surface area contributed by atoms with Crippen molar-refractivity contribution >= 4 is 11.3 Å². The van der Waals surface area contributed by atoms with Crippen LogP contribution < -0.4 is 0 Å². The Bertz CT molecular complexity index is 642. The molecule has 2 saturated heterocycles. The molecule has 24 heavy (non-hydrogen) atoms. The Labute approximate surface area is 146 Å². The average molecular weight is 347 g/mol. The van der Waals surface area contributed by atoms with Gasteiger partial charge in [-0.1, -0.05) is 6.07 Å². The molecule has 2 aliphatic heterocycles. The van der Waals surface area contributed by atoms with Gasteiger partial charge in [-0.2, -0.15) is 0 Å². The fraction of sp³-hybridized carbons (Fsp3) is 0.611. The van der Waals surface area contributed by atoms with Crippen LogP contribution in [0.15, 0.2) is 28.2 Å². The smallest absolute Gasteiger partial charge is 0.236 e. The molecule has 0 amide bonds. The molecule has 5 nitrogen and oxygen atoms in total. The fourth-order valence-electron chi connectivity index (χ4n) is 4.02. The van der Waals surface area contributed by atoms with Crippen LogP contribution in [-0.2, 0) is 6.54 Å². The number of rotatable bonds is 6. The zero-order valence-electron chi connectivity index (χ0n) is 13.9. The molecule has 2 fully saturated rings. The van der Waals surface area contributed by atoms with Crippen LogP contribution in [0.4, 0.5) is 0 Å². The molecular weight excluding hydrogens is 322 g/mol. The standard InChI is InChI=1S/C18H25N3O2S/c22-12-16-5-2-8-21(16)11-15-4-1-7-20(15)10-14-13-23-18(19-14)17-6-3-9-24-17/h3,6,9,13,15-16,22H,1-2,4-5,7-8,10-12H2. The van der Waals surface area contributed by atoms with E-state index in [1.54, 1.807) is 17.6 Å². The number of oxazole rings is 1. The molecule has 2 atom stereocenters. The minimum absolute atomic E-state index is 0.292. The molecule has 2 unspecified atom stereocenters. The van der Waals surface area contributed by atoms with Crippen molar-refractivity contribution in [2.24, 2.45) is 0 Å².